The topological polar surface area (TPSA) is 86.7 Å². The molecule has 3 aromatic rings. The first kappa shape index (κ1) is 22.5. The second-order valence-electron chi connectivity index (χ2n) is 8.41. The van der Waals surface area contributed by atoms with Gasteiger partial charge in [0.15, 0.2) is 0 Å². The molecule has 2 aromatic carbocycles. The van der Waals surface area contributed by atoms with E-state index in [1.54, 1.807) is 23.1 Å². The Morgan fingerprint density at radius 2 is 1.88 bits per heavy atom. The highest BCUT2D eigenvalue weighted by atomic mass is 35.5. The number of anilines is 1. The number of piperazine rings is 1. The molecule has 8 nitrogen and oxygen atoms in total. The van der Waals surface area contributed by atoms with Crippen LogP contribution in [-0.4, -0.2) is 71.0 Å². The molecule has 0 unspecified atom stereocenters. The quantitative estimate of drug-likeness (QED) is 0.541. The van der Waals surface area contributed by atoms with Crippen molar-refractivity contribution < 1.29 is 13.2 Å². The fourth-order valence-corrected chi connectivity index (χ4v) is 7.26. The fraction of sp³-hybridized carbons (Fsp3) is 0.409. The summed E-state index contributed by atoms with van der Waals surface area (Å²) in [5.41, 5.74) is 3.13. The molecule has 1 atom stereocenters. The van der Waals surface area contributed by atoms with E-state index < -0.39 is 16.1 Å². The highest BCUT2D eigenvalue weighted by molar-refractivity contribution is 7.89. The minimum Gasteiger partial charge on any atom is -0.368 e. The Morgan fingerprint density at radius 1 is 1.09 bits per heavy atom. The second kappa shape index (κ2) is 8.83. The molecule has 2 saturated heterocycles. The van der Waals surface area contributed by atoms with Gasteiger partial charge in [0, 0.05) is 43.4 Å². The summed E-state index contributed by atoms with van der Waals surface area (Å²) in [6, 6.07) is 10.1. The summed E-state index contributed by atoms with van der Waals surface area (Å²) in [6.45, 7) is 4.81. The van der Waals surface area contributed by atoms with E-state index in [0.29, 0.717) is 61.6 Å². The van der Waals surface area contributed by atoms with Crippen LogP contribution in [0.3, 0.4) is 0 Å². The van der Waals surface area contributed by atoms with Gasteiger partial charge in [-0.2, -0.15) is 13.1 Å². The van der Waals surface area contributed by atoms with E-state index in [9.17, 15) is 13.2 Å². The van der Waals surface area contributed by atoms with Crippen LogP contribution in [0.15, 0.2) is 41.3 Å². The maximum absolute atomic E-state index is 13.5. The monoisotopic (exact) mass is 505 g/mol. The number of sulfonamides is 1. The van der Waals surface area contributed by atoms with Crippen molar-refractivity contribution in [1.29, 1.82) is 0 Å². The summed E-state index contributed by atoms with van der Waals surface area (Å²) < 4.78 is 36.7. The zero-order valence-corrected chi connectivity index (χ0v) is 20.5. The van der Waals surface area contributed by atoms with Crippen molar-refractivity contribution in [2.75, 3.05) is 37.6 Å². The number of carbonyl (C=O) groups is 1. The molecule has 5 rings (SSSR count). The van der Waals surface area contributed by atoms with Gasteiger partial charge < -0.3 is 9.80 Å². The Labute approximate surface area is 202 Å². The molecular formula is C22H24ClN5O3S2. The van der Waals surface area contributed by atoms with E-state index in [4.69, 9.17) is 11.6 Å². The maximum atomic E-state index is 13.5. The number of amides is 1. The molecule has 0 radical (unpaired) electrons. The van der Waals surface area contributed by atoms with E-state index in [1.165, 1.54) is 4.31 Å². The summed E-state index contributed by atoms with van der Waals surface area (Å²) in [7, 11) is -3.87. The number of aromatic nitrogens is 2. The van der Waals surface area contributed by atoms with E-state index in [2.05, 4.69) is 13.6 Å². The predicted molar refractivity (Wildman–Crippen MR) is 129 cm³/mol. The molecule has 0 N–H and O–H groups in total. The second-order valence-corrected chi connectivity index (χ2v) is 11.2. The zero-order valence-electron chi connectivity index (χ0n) is 18.1. The number of aryl methyl sites for hydroxylation is 1. The maximum Gasteiger partial charge on any atom is 0.246 e. The number of halogens is 1. The van der Waals surface area contributed by atoms with Gasteiger partial charge in [-0.25, -0.2) is 8.42 Å². The van der Waals surface area contributed by atoms with Gasteiger partial charge in [-0.3, -0.25) is 4.79 Å². The summed E-state index contributed by atoms with van der Waals surface area (Å²) in [4.78, 5) is 17.6. The third kappa shape index (κ3) is 4.09. The number of fused-ring (bicyclic) bond motifs is 1. The minimum atomic E-state index is -3.87. The van der Waals surface area contributed by atoms with Gasteiger partial charge in [0.2, 0.25) is 15.9 Å². The number of hydrogen-bond acceptors (Lipinski definition) is 7. The minimum absolute atomic E-state index is 0.120. The van der Waals surface area contributed by atoms with Crippen molar-refractivity contribution in [3.05, 3.63) is 47.0 Å². The smallest absolute Gasteiger partial charge is 0.246 e. The highest BCUT2D eigenvalue weighted by Crippen LogP contribution is 2.31. The number of hydrogen-bond donors (Lipinski definition) is 0. The van der Waals surface area contributed by atoms with Crippen LogP contribution in [0.2, 0.25) is 5.02 Å². The standard InChI is InChI=1S/C22H24ClN5O3S2/c1-15-7-8-16(23)14-19(15)26-10-12-27(13-11-26)22(29)18-5-3-9-28(18)33(30,31)20-6-2-4-17-21(20)25-32-24-17/h2,4,6-8,14,18H,3,5,9-13H2,1H3/t18-/m1/s1. The molecule has 0 bridgehead atoms. The van der Waals surface area contributed by atoms with Crippen molar-refractivity contribution in [3.63, 3.8) is 0 Å². The molecule has 11 heteroatoms. The Bertz CT molecular complexity index is 1300. The Kier molecular flexibility index (Phi) is 6.02. The molecule has 2 aliphatic rings. The van der Waals surface area contributed by atoms with Gasteiger partial charge in [-0.05, 0) is 49.6 Å². The third-order valence-corrected chi connectivity index (χ3v) is 9.15. The summed E-state index contributed by atoms with van der Waals surface area (Å²) in [6.07, 6.45) is 1.18. The van der Waals surface area contributed by atoms with Gasteiger partial charge in [0.1, 0.15) is 22.0 Å². The van der Waals surface area contributed by atoms with E-state index in [-0.39, 0.29) is 10.8 Å². The van der Waals surface area contributed by atoms with E-state index in [0.717, 1.165) is 23.0 Å². The predicted octanol–water partition coefficient (Wildman–Crippen LogP) is 3.16. The number of nitrogens with zero attached hydrogens (tertiary/aromatic N) is 5. The van der Waals surface area contributed by atoms with Crippen LogP contribution in [0.1, 0.15) is 18.4 Å². The van der Waals surface area contributed by atoms with Gasteiger partial charge >= 0.3 is 0 Å². The van der Waals surface area contributed by atoms with Gasteiger partial charge in [-0.15, -0.1) is 0 Å². The molecule has 1 aromatic heterocycles. The largest absolute Gasteiger partial charge is 0.368 e. The molecule has 174 valence electrons. The molecule has 33 heavy (non-hydrogen) atoms. The van der Waals surface area contributed by atoms with Gasteiger partial charge in [0.25, 0.3) is 0 Å². The van der Waals surface area contributed by atoms with Crippen molar-refractivity contribution in [2.24, 2.45) is 0 Å². The lowest BCUT2D eigenvalue weighted by Gasteiger charge is -2.38. The van der Waals surface area contributed by atoms with Crippen LogP contribution < -0.4 is 4.90 Å². The average Bonchev–Trinajstić information content (AvgIpc) is 3.50. The first-order chi connectivity index (χ1) is 15.9. The highest BCUT2D eigenvalue weighted by Gasteiger charge is 2.42. The van der Waals surface area contributed by atoms with E-state index in [1.807, 2.05) is 25.1 Å². The van der Waals surface area contributed by atoms with Crippen molar-refractivity contribution >= 4 is 56.0 Å². The van der Waals surface area contributed by atoms with Crippen LogP contribution in [0.4, 0.5) is 5.69 Å². The Hall–Kier alpha value is -2.27. The van der Waals surface area contributed by atoms with Crippen LogP contribution in [-0.2, 0) is 14.8 Å². The first-order valence-corrected chi connectivity index (χ1v) is 13.4. The molecule has 0 saturated carbocycles. The van der Waals surface area contributed by atoms with Crippen molar-refractivity contribution in [3.8, 4) is 0 Å². The van der Waals surface area contributed by atoms with Crippen LogP contribution >= 0.6 is 23.3 Å². The number of rotatable bonds is 4. The average molecular weight is 506 g/mol. The van der Waals surface area contributed by atoms with Crippen molar-refractivity contribution in [1.82, 2.24) is 18.0 Å². The van der Waals surface area contributed by atoms with Crippen molar-refractivity contribution in [2.45, 2.75) is 30.7 Å². The molecular weight excluding hydrogens is 482 g/mol. The third-order valence-electron chi connectivity index (χ3n) is 6.43. The molecule has 0 spiro atoms. The molecule has 1 amide bonds. The lowest BCUT2D eigenvalue weighted by Crippen LogP contribution is -2.54. The molecule has 0 aliphatic carbocycles. The number of carbonyl (C=O) groups excluding carboxylic acids is 1. The normalized spacial score (nSPS) is 20.0. The van der Waals surface area contributed by atoms with Crippen LogP contribution in [0.5, 0.6) is 0 Å². The summed E-state index contributed by atoms with van der Waals surface area (Å²) in [5.74, 6) is -0.123. The van der Waals surface area contributed by atoms with Crippen LogP contribution in [0, 0.1) is 6.92 Å². The first-order valence-electron chi connectivity index (χ1n) is 10.9. The lowest BCUT2D eigenvalue weighted by atomic mass is 10.1. The Balaban J connectivity index is 1.33. The molecule has 2 aliphatic heterocycles. The SMILES string of the molecule is Cc1ccc(Cl)cc1N1CCN(C(=O)[C@H]2CCCN2S(=O)(=O)c2cccc3nsnc23)CC1. The van der Waals surface area contributed by atoms with E-state index >= 15 is 0 Å². The Morgan fingerprint density at radius 3 is 2.67 bits per heavy atom. The van der Waals surface area contributed by atoms with Gasteiger partial charge in [0.05, 0.1) is 11.7 Å². The zero-order chi connectivity index (χ0) is 23.2. The summed E-state index contributed by atoms with van der Waals surface area (Å²) in [5, 5.41) is 0.686. The van der Waals surface area contributed by atoms with Crippen LogP contribution in [0.25, 0.3) is 11.0 Å². The fourth-order valence-electron chi connectivity index (χ4n) is 4.69. The molecule has 2 fully saturated rings. The summed E-state index contributed by atoms with van der Waals surface area (Å²) >= 11 is 7.16. The number of benzene rings is 2. The lowest BCUT2D eigenvalue weighted by molar-refractivity contribution is -0.134. The molecule has 3 heterocycles. The van der Waals surface area contributed by atoms with Gasteiger partial charge in [-0.1, -0.05) is 23.7 Å².